The van der Waals surface area contributed by atoms with Gasteiger partial charge in [-0.2, -0.15) is 0 Å². The van der Waals surface area contributed by atoms with E-state index in [1.54, 1.807) is 26.0 Å². The minimum absolute atomic E-state index is 0.0686. The zero-order chi connectivity index (χ0) is 23.0. The third-order valence-corrected chi connectivity index (χ3v) is 7.35. The summed E-state index contributed by atoms with van der Waals surface area (Å²) in [6, 6.07) is 14.2. The van der Waals surface area contributed by atoms with E-state index in [0.717, 1.165) is 86.2 Å². The number of carbonyl (C=O) groups excluding carboxylic acids is 1. The van der Waals surface area contributed by atoms with Crippen LogP contribution in [0.5, 0.6) is 11.5 Å². The molecule has 1 N–H and O–H groups in total. The van der Waals surface area contributed by atoms with Gasteiger partial charge in [-0.3, -0.25) is 9.69 Å². The van der Waals surface area contributed by atoms with Gasteiger partial charge in [0.05, 0.1) is 19.9 Å². The van der Waals surface area contributed by atoms with Crippen LogP contribution in [0, 0.1) is 0 Å². The predicted octanol–water partition coefficient (Wildman–Crippen LogP) is 3.91. The standard InChI is InChI=1S/C26H33N3O3S/c1-31-22-9-10-23(24(18-22)32-2)29-15-13-28(14-16-29)12-6-5-11-27-26(30)21-17-20-7-3-4-8-25(20)33-19-21/h3-4,7-10,17-18H,5-6,11-16,19H2,1-2H3,(H,27,30). The molecule has 0 unspecified atom stereocenters. The minimum atomic E-state index is 0.0686. The van der Waals surface area contributed by atoms with E-state index in [1.807, 2.05) is 30.3 Å². The van der Waals surface area contributed by atoms with Crippen molar-refractivity contribution in [3.8, 4) is 11.5 Å². The molecule has 2 aliphatic heterocycles. The molecule has 2 heterocycles. The van der Waals surface area contributed by atoms with Gasteiger partial charge in [-0.25, -0.2) is 0 Å². The van der Waals surface area contributed by atoms with E-state index < -0.39 is 0 Å². The number of benzene rings is 2. The maximum absolute atomic E-state index is 12.5. The van der Waals surface area contributed by atoms with Crippen LogP contribution in [-0.4, -0.2) is 70.0 Å². The van der Waals surface area contributed by atoms with Crippen molar-refractivity contribution in [2.45, 2.75) is 17.7 Å². The van der Waals surface area contributed by atoms with Crippen LogP contribution in [0.4, 0.5) is 5.69 Å². The highest BCUT2D eigenvalue weighted by Crippen LogP contribution is 2.33. The van der Waals surface area contributed by atoms with Crippen molar-refractivity contribution in [2.24, 2.45) is 0 Å². The fraction of sp³-hybridized carbons (Fsp3) is 0.423. The Morgan fingerprint density at radius 1 is 1.03 bits per heavy atom. The van der Waals surface area contributed by atoms with Crippen LogP contribution in [-0.2, 0) is 4.79 Å². The summed E-state index contributed by atoms with van der Waals surface area (Å²) in [5.74, 6) is 2.48. The largest absolute Gasteiger partial charge is 0.497 e. The highest BCUT2D eigenvalue weighted by molar-refractivity contribution is 7.99. The number of hydrogen-bond acceptors (Lipinski definition) is 6. The number of hydrogen-bond donors (Lipinski definition) is 1. The van der Waals surface area contributed by atoms with E-state index in [1.165, 1.54) is 4.90 Å². The van der Waals surface area contributed by atoms with Gasteiger partial charge >= 0.3 is 0 Å². The molecule has 2 aliphatic rings. The second-order valence-corrected chi connectivity index (χ2v) is 9.34. The summed E-state index contributed by atoms with van der Waals surface area (Å²) in [6.45, 7) is 5.82. The van der Waals surface area contributed by atoms with Crippen LogP contribution in [0.25, 0.3) is 6.08 Å². The Morgan fingerprint density at radius 3 is 2.64 bits per heavy atom. The molecule has 2 aromatic rings. The van der Waals surface area contributed by atoms with Gasteiger partial charge in [-0.15, -0.1) is 11.8 Å². The SMILES string of the molecule is COc1ccc(N2CCN(CCCCNC(=O)C3=Cc4ccccc4SC3)CC2)c(OC)c1. The summed E-state index contributed by atoms with van der Waals surface area (Å²) in [7, 11) is 3.37. The van der Waals surface area contributed by atoms with Crippen molar-refractivity contribution in [1.82, 2.24) is 10.2 Å². The molecule has 0 spiro atoms. The van der Waals surface area contributed by atoms with Crippen molar-refractivity contribution >= 4 is 29.4 Å². The number of ether oxygens (including phenoxy) is 2. The van der Waals surface area contributed by atoms with E-state index in [9.17, 15) is 4.79 Å². The number of unbranched alkanes of at least 4 members (excludes halogenated alkanes) is 1. The number of nitrogens with zero attached hydrogens (tertiary/aromatic N) is 2. The molecule has 0 bridgehead atoms. The fourth-order valence-electron chi connectivity index (χ4n) is 4.28. The number of anilines is 1. The first-order valence-electron chi connectivity index (χ1n) is 11.6. The zero-order valence-corrected chi connectivity index (χ0v) is 20.3. The molecule has 176 valence electrons. The topological polar surface area (TPSA) is 54.0 Å². The summed E-state index contributed by atoms with van der Waals surface area (Å²) < 4.78 is 10.9. The lowest BCUT2D eigenvalue weighted by molar-refractivity contribution is -0.117. The van der Waals surface area contributed by atoms with E-state index in [2.05, 4.69) is 33.3 Å². The monoisotopic (exact) mass is 467 g/mol. The minimum Gasteiger partial charge on any atom is -0.497 e. The first-order chi connectivity index (χ1) is 16.2. The molecule has 0 aliphatic carbocycles. The Balaban J connectivity index is 1.15. The average Bonchev–Trinajstić information content (AvgIpc) is 2.88. The average molecular weight is 468 g/mol. The Morgan fingerprint density at radius 2 is 1.85 bits per heavy atom. The van der Waals surface area contributed by atoms with E-state index in [0.29, 0.717) is 0 Å². The van der Waals surface area contributed by atoms with Gasteiger partial charge in [0, 0.05) is 55.0 Å². The van der Waals surface area contributed by atoms with Gasteiger partial charge in [0.1, 0.15) is 11.5 Å². The molecular weight excluding hydrogens is 434 g/mol. The predicted molar refractivity (Wildman–Crippen MR) is 136 cm³/mol. The van der Waals surface area contributed by atoms with Crippen LogP contribution < -0.4 is 19.7 Å². The lowest BCUT2D eigenvalue weighted by Gasteiger charge is -2.36. The molecule has 33 heavy (non-hydrogen) atoms. The number of piperazine rings is 1. The molecule has 1 fully saturated rings. The molecule has 1 amide bonds. The normalized spacial score (nSPS) is 16.1. The Kier molecular flexibility index (Phi) is 8.18. The van der Waals surface area contributed by atoms with Crippen molar-refractivity contribution in [3.05, 3.63) is 53.6 Å². The molecule has 0 radical (unpaired) electrons. The lowest BCUT2D eigenvalue weighted by atomic mass is 10.1. The van der Waals surface area contributed by atoms with E-state index >= 15 is 0 Å². The van der Waals surface area contributed by atoms with Crippen LogP contribution in [0.2, 0.25) is 0 Å². The summed E-state index contributed by atoms with van der Waals surface area (Å²) in [4.78, 5) is 18.6. The molecule has 1 saturated heterocycles. The smallest absolute Gasteiger partial charge is 0.248 e. The number of thioether (sulfide) groups is 1. The summed E-state index contributed by atoms with van der Waals surface area (Å²) in [6.07, 6.45) is 4.11. The van der Waals surface area contributed by atoms with Gasteiger partial charge < -0.3 is 19.7 Å². The van der Waals surface area contributed by atoms with Crippen molar-refractivity contribution in [2.75, 3.05) is 64.1 Å². The third-order valence-electron chi connectivity index (χ3n) is 6.21. The molecule has 4 rings (SSSR count). The van der Waals surface area contributed by atoms with E-state index in [4.69, 9.17) is 9.47 Å². The quantitative estimate of drug-likeness (QED) is 0.565. The van der Waals surface area contributed by atoms with E-state index in [-0.39, 0.29) is 5.91 Å². The number of amides is 1. The maximum atomic E-state index is 12.5. The number of methoxy groups -OCH3 is 2. The first kappa shape index (κ1) is 23.5. The van der Waals surface area contributed by atoms with Gasteiger partial charge in [0.2, 0.25) is 5.91 Å². The number of fused-ring (bicyclic) bond motifs is 1. The molecule has 0 saturated carbocycles. The summed E-state index contributed by atoms with van der Waals surface area (Å²) >= 11 is 1.74. The summed E-state index contributed by atoms with van der Waals surface area (Å²) in [5, 5.41) is 3.10. The maximum Gasteiger partial charge on any atom is 0.248 e. The van der Waals surface area contributed by atoms with Gasteiger partial charge in [0.15, 0.2) is 0 Å². The van der Waals surface area contributed by atoms with Gasteiger partial charge in [-0.05, 0) is 49.2 Å². The highest BCUT2D eigenvalue weighted by Gasteiger charge is 2.20. The molecule has 2 aromatic carbocycles. The number of rotatable bonds is 9. The number of carbonyl (C=O) groups is 1. The second-order valence-electron chi connectivity index (χ2n) is 8.33. The van der Waals surface area contributed by atoms with Gasteiger partial charge in [0.25, 0.3) is 0 Å². The molecule has 7 heteroatoms. The lowest BCUT2D eigenvalue weighted by Crippen LogP contribution is -2.46. The highest BCUT2D eigenvalue weighted by atomic mass is 32.2. The van der Waals surface area contributed by atoms with Crippen LogP contribution in [0.3, 0.4) is 0 Å². The molecule has 0 atom stereocenters. The van der Waals surface area contributed by atoms with Crippen molar-refractivity contribution < 1.29 is 14.3 Å². The Hall–Kier alpha value is -2.64. The van der Waals surface area contributed by atoms with Crippen LogP contribution in [0.1, 0.15) is 18.4 Å². The molecular formula is C26H33N3O3S. The Labute approximate surface area is 200 Å². The van der Waals surface area contributed by atoms with Crippen LogP contribution >= 0.6 is 11.8 Å². The molecule has 0 aromatic heterocycles. The fourth-order valence-corrected chi connectivity index (χ4v) is 5.28. The first-order valence-corrected chi connectivity index (χ1v) is 12.6. The van der Waals surface area contributed by atoms with Gasteiger partial charge in [-0.1, -0.05) is 18.2 Å². The Bertz CT molecular complexity index is 986. The zero-order valence-electron chi connectivity index (χ0n) is 19.5. The molecule has 6 nitrogen and oxygen atoms in total. The third kappa shape index (κ3) is 6.03. The second kappa shape index (κ2) is 11.5. The van der Waals surface area contributed by atoms with Crippen molar-refractivity contribution in [1.29, 1.82) is 0 Å². The van der Waals surface area contributed by atoms with Crippen LogP contribution in [0.15, 0.2) is 52.9 Å². The number of nitrogens with one attached hydrogen (secondary N) is 1. The summed E-state index contributed by atoms with van der Waals surface area (Å²) in [5.41, 5.74) is 3.13. The van der Waals surface area contributed by atoms with Crippen molar-refractivity contribution in [3.63, 3.8) is 0 Å².